The van der Waals surface area contributed by atoms with Gasteiger partial charge in [0.2, 0.25) is 0 Å². The van der Waals surface area contributed by atoms with E-state index in [1.54, 1.807) is 5.32 Å². The number of nitrogens with one attached hydrogen (secondary N) is 2. The van der Waals surface area contributed by atoms with Gasteiger partial charge in [0.05, 0.1) is 11.3 Å². The number of alkyl halides is 6. The zero-order chi connectivity index (χ0) is 20.9. The number of halogens is 6. The summed E-state index contributed by atoms with van der Waals surface area (Å²) in [5, 5.41) is 4.06. The van der Waals surface area contributed by atoms with Crippen molar-refractivity contribution in [1.82, 2.24) is 5.32 Å². The number of benzene rings is 2. The van der Waals surface area contributed by atoms with Crippen LogP contribution in [0.5, 0.6) is 0 Å². The number of para-hydroxylation sites is 1. The molecule has 0 aliphatic rings. The summed E-state index contributed by atoms with van der Waals surface area (Å²) in [5.41, 5.74) is -4.69. The Bertz CT molecular complexity index is 850. The third-order valence-corrected chi connectivity index (χ3v) is 3.96. The molecule has 0 aliphatic heterocycles. The largest absolute Gasteiger partial charge is 0.446 e. The number of carbonyl (C=O) groups excluding carboxylic acids is 2. The van der Waals surface area contributed by atoms with Gasteiger partial charge in [0.25, 0.3) is 11.8 Å². The quantitative estimate of drug-likeness (QED) is 0.536. The van der Waals surface area contributed by atoms with Crippen molar-refractivity contribution in [3.63, 3.8) is 0 Å². The van der Waals surface area contributed by atoms with Crippen LogP contribution < -0.4 is 10.6 Å². The van der Waals surface area contributed by atoms with Gasteiger partial charge in [-0.2, -0.15) is 26.3 Å². The molecule has 0 spiro atoms. The Hall–Kier alpha value is -2.69. The zero-order valence-corrected chi connectivity index (χ0v) is 14.6. The van der Waals surface area contributed by atoms with Gasteiger partial charge in [-0.1, -0.05) is 12.1 Å². The maximum absolute atomic E-state index is 12.3. The molecule has 11 heteroatoms. The summed E-state index contributed by atoms with van der Waals surface area (Å²) in [5.74, 6) is -1.77. The van der Waals surface area contributed by atoms with E-state index in [1.165, 1.54) is 24.3 Å². The van der Waals surface area contributed by atoms with Crippen LogP contribution in [0, 0.1) is 0 Å². The second kappa shape index (κ2) is 8.55. The van der Waals surface area contributed by atoms with E-state index in [9.17, 15) is 35.9 Å². The van der Waals surface area contributed by atoms with Crippen molar-refractivity contribution in [2.24, 2.45) is 0 Å². The first-order chi connectivity index (χ1) is 12.9. The number of amides is 2. The highest BCUT2D eigenvalue weighted by Crippen LogP contribution is 2.36. The highest BCUT2D eigenvalue weighted by Gasteiger charge is 2.29. The van der Waals surface area contributed by atoms with Crippen molar-refractivity contribution >= 4 is 29.3 Å². The molecule has 2 N–H and O–H groups in total. The molecule has 0 saturated heterocycles. The van der Waals surface area contributed by atoms with Gasteiger partial charge >= 0.3 is 11.7 Å². The molecule has 2 aromatic rings. The fourth-order valence-electron chi connectivity index (χ4n) is 2.07. The van der Waals surface area contributed by atoms with Gasteiger partial charge in [-0.3, -0.25) is 9.59 Å². The Balaban J connectivity index is 2.11. The van der Waals surface area contributed by atoms with Crippen LogP contribution >= 0.6 is 11.8 Å². The lowest BCUT2D eigenvalue weighted by Crippen LogP contribution is -2.34. The molecule has 0 radical (unpaired) electrons. The van der Waals surface area contributed by atoms with E-state index in [0.29, 0.717) is 0 Å². The van der Waals surface area contributed by atoms with Crippen molar-refractivity contribution < 1.29 is 35.9 Å². The minimum Gasteiger partial charge on any atom is -0.343 e. The van der Waals surface area contributed by atoms with Crippen molar-refractivity contribution in [3.8, 4) is 0 Å². The van der Waals surface area contributed by atoms with Crippen LogP contribution in [0.4, 0.5) is 32.0 Å². The van der Waals surface area contributed by atoms with Crippen LogP contribution in [0.1, 0.15) is 20.7 Å². The molecule has 0 saturated carbocycles. The summed E-state index contributed by atoms with van der Waals surface area (Å²) >= 11 is -0.338. The summed E-state index contributed by atoms with van der Waals surface area (Å²) in [4.78, 5) is 24.1. The lowest BCUT2D eigenvalue weighted by atomic mass is 10.1. The fourth-order valence-corrected chi connectivity index (χ4v) is 2.61. The first-order valence-corrected chi connectivity index (χ1v) is 8.37. The van der Waals surface area contributed by atoms with Gasteiger partial charge in [-0.25, -0.2) is 0 Å². The maximum Gasteiger partial charge on any atom is 0.446 e. The third kappa shape index (κ3) is 6.80. The third-order valence-electron chi connectivity index (χ3n) is 3.22. The SMILES string of the molecule is O=C(Nc1ccccc1C(=O)NCC(F)(F)F)c1ccc(SC(F)(F)F)cc1. The molecule has 2 rings (SSSR count). The summed E-state index contributed by atoms with van der Waals surface area (Å²) in [6.45, 7) is -1.54. The Morgan fingerprint density at radius 2 is 1.46 bits per heavy atom. The predicted octanol–water partition coefficient (Wildman–Crippen LogP) is 4.84. The lowest BCUT2D eigenvalue weighted by Gasteiger charge is -2.13. The Kier molecular flexibility index (Phi) is 6.60. The molecule has 0 unspecified atom stereocenters. The van der Waals surface area contributed by atoms with E-state index in [2.05, 4.69) is 5.32 Å². The molecule has 28 heavy (non-hydrogen) atoms. The van der Waals surface area contributed by atoms with Crippen molar-refractivity contribution in [2.45, 2.75) is 16.6 Å². The predicted molar refractivity (Wildman–Crippen MR) is 91.1 cm³/mol. The molecule has 2 amide bonds. The highest BCUT2D eigenvalue weighted by molar-refractivity contribution is 8.00. The number of anilines is 1. The lowest BCUT2D eigenvalue weighted by molar-refractivity contribution is -0.123. The molecule has 0 atom stereocenters. The summed E-state index contributed by atoms with van der Waals surface area (Å²) in [7, 11) is 0. The summed E-state index contributed by atoms with van der Waals surface area (Å²) in [6, 6.07) is 9.94. The molecule has 0 bridgehead atoms. The highest BCUT2D eigenvalue weighted by atomic mass is 32.2. The van der Waals surface area contributed by atoms with Crippen LogP contribution in [-0.2, 0) is 0 Å². The molecule has 4 nitrogen and oxygen atoms in total. The van der Waals surface area contributed by atoms with Crippen LogP contribution in [0.25, 0.3) is 0 Å². The first kappa shape index (κ1) is 21.6. The topological polar surface area (TPSA) is 58.2 Å². The monoisotopic (exact) mass is 422 g/mol. The Morgan fingerprint density at radius 3 is 2.04 bits per heavy atom. The van der Waals surface area contributed by atoms with Gasteiger partial charge in [0, 0.05) is 10.5 Å². The number of hydrogen-bond donors (Lipinski definition) is 2. The second-order valence-electron chi connectivity index (χ2n) is 5.37. The van der Waals surface area contributed by atoms with E-state index in [0.717, 1.165) is 24.3 Å². The maximum atomic E-state index is 12.3. The van der Waals surface area contributed by atoms with E-state index in [-0.39, 0.29) is 33.5 Å². The number of thioether (sulfide) groups is 1. The molecular weight excluding hydrogens is 410 g/mol. The van der Waals surface area contributed by atoms with Crippen LogP contribution in [0.3, 0.4) is 0 Å². The van der Waals surface area contributed by atoms with Crippen molar-refractivity contribution in [2.75, 3.05) is 11.9 Å². The molecule has 0 aliphatic carbocycles. The van der Waals surface area contributed by atoms with Crippen LogP contribution in [-0.4, -0.2) is 30.0 Å². The average molecular weight is 422 g/mol. The minimum atomic E-state index is -4.59. The summed E-state index contributed by atoms with van der Waals surface area (Å²) in [6.07, 6.45) is -4.59. The first-order valence-electron chi connectivity index (χ1n) is 7.56. The van der Waals surface area contributed by atoms with Crippen molar-refractivity contribution in [1.29, 1.82) is 0 Å². The number of carbonyl (C=O) groups is 2. The van der Waals surface area contributed by atoms with Crippen LogP contribution in [0.15, 0.2) is 53.4 Å². The average Bonchev–Trinajstić information content (AvgIpc) is 2.58. The Labute approximate surface area is 159 Å². The van der Waals surface area contributed by atoms with Crippen LogP contribution in [0.2, 0.25) is 0 Å². The number of hydrogen-bond acceptors (Lipinski definition) is 3. The molecule has 2 aromatic carbocycles. The minimum absolute atomic E-state index is 0.0111. The molecular formula is C17H12F6N2O2S. The second-order valence-corrected chi connectivity index (χ2v) is 6.51. The van der Waals surface area contributed by atoms with Gasteiger partial charge in [-0.15, -0.1) is 0 Å². The van der Waals surface area contributed by atoms with Gasteiger partial charge in [0.15, 0.2) is 0 Å². The normalized spacial score (nSPS) is 11.8. The smallest absolute Gasteiger partial charge is 0.343 e. The van der Waals surface area contributed by atoms with Gasteiger partial charge in [0.1, 0.15) is 6.54 Å². The van der Waals surface area contributed by atoms with E-state index in [1.807, 2.05) is 0 Å². The van der Waals surface area contributed by atoms with Gasteiger partial charge in [-0.05, 0) is 48.2 Å². The fraction of sp³-hybridized carbons (Fsp3) is 0.176. The zero-order valence-electron chi connectivity index (χ0n) is 13.8. The summed E-state index contributed by atoms with van der Waals surface area (Å²) < 4.78 is 73.7. The Morgan fingerprint density at radius 1 is 0.857 bits per heavy atom. The van der Waals surface area contributed by atoms with Gasteiger partial charge < -0.3 is 10.6 Å². The van der Waals surface area contributed by atoms with E-state index < -0.39 is 30.0 Å². The number of rotatable bonds is 5. The standard InChI is InChI=1S/C17H12F6N2O2S/c18-16(19,20)9-24-15(27)12-3-1-2-4-13(12)25-14(26)10-5-7-11(8-6-10)28-17(21,22)23/h1-8H,9H2,(H,24,27)(H,25,26). The molecule has 150 valence electrons. The van der Waals surface area contributed by atoms with E-state index in [4.69, 9.17) is 0 Å². The van der Waals surface area contributed by atoms with E-state index >= 15 is 0 Å². The molecule has 0 fully saturated rings. The van der Waals surface area contributed by atoms with Crippen molar-refractivity contribution in [3.05, 3.63) is 59.7 Å². The molecule has 0 aromatic heterocycles. The molecule has 0 heterocycles.